The van der Waals surface area contributed by atoms with Crippen molar-refractivity contribution in [2.45, 2.75) is 361 Å². The minimum atomic E-state index is -0.761. The first-order valence-electron chi connectivity index (χ1n) is 30.5. The molecule has 6 nitrogen and oxygen atoms in total. The van der Waals surface area contributed by atoms with Crippen LogP contribution in [0.5, 0.6) is 0 Å². The van der Waals surface area contributed by atoms with E-state index in [0.717, 1.165) is 57.8 Å². The molecule has 0 amide bonds. The van der Waals surface area contributed by atoms with E-state index in [9.17, 15) is 14.4 Å². The number of esters is 3. The highest BCUT2D eigenvalue weighted by molar-refractivity contribution is 5.71. The summed E-state index contributed by atoms with van der Waals surface area (Å²) in [7, 11) is 0. The largest absolute Gasteiger partial charge is 0.462 e. The van der Waals surface area contributed by atoms with Gasteiger partial charge in [0.1, 0.15) is 13.2 Å². The molecule has 6 heteroatoms. The molecule has 0 fully saturated rings. The molecule has 0 N–H and O–H groups in total. The summed E-state index contributed by atoms with van der Waals surface area (Å²) in [6.07, 6.45) is 63.8. The normalized spacial score (nSPS) is 11.9. The van der Waals surface area contributed by atoms with Gasteiger partial charge in [0, 0.05) is 19.3 Å². The fourth-order valence-corrected chi connectivity index (χ4v) is 9.51. The van der Waals surface area contributed by atoms with Gasteiger partial charge in [-0.25, -0.2) is 0 Å². The molecule has 0 heterocycles. The lowest BCUT2D eigenvalue weighted by Gasteiger charge is -2.18. The predicted octanol–water partition coefficient (Wildman–Crippen LogP) is 20.3. The minimum absolute atomic E-state index is 0.0607. The van der Waals surface area contributed by atoms with Crippen LogP contribution in [0.25, 0.3) is 0 Å². The molecule has 0 aliphatic heterocycles. The van der Waals surface area contributed by atoms with Crippen LogP contribution in [0.4, 0.5) is 0 Å². The number of rotatable bonds is 57. The van der Waals surface area contributed by atoms with Crippen molar-refractivity contribution < 1.29 is 28.6 Å². The molecule has 1 atom stereocenters. The molecular formula is C61H118O6. The molecule has 67 heavy (non-hydrogen) atoms. The summed E-state index contributed by atoms with van der Waals surface area (Å²) in [5.74, 6) is -0.828. The molecule has 398 valence electrons. The van der Waals surface area contributed by atoms with Gasteiger partial charge in [0.2, 0.25) is 0 Å². The van der Waals surface area contributed by atoms with Crippen molar-refractivity contribution in [3.63, 3.8) is 0 Å². The maximum absolute atomic E-state index is 12.9. The highest BCUT2D eigenvalue weighted by atomic mass is 16.6. The third-order valence-corrected chi connectivity index (χ3v) is 14.1. The van der Waals surface area contributed by atoms with Crippen molar-refractivity contribution in [1.29, 1.82) is 0 Å². The summed E-state index contributed by atoms with van der Waals surface area (Å²) in [6.45, 7) is 6.72. The highest BCUT2D eigenvalue weighted by Gasteiger charge is 2.19. The fraction of sp³-hybridized carbons (Fsp3) is 0.951. The van der Waals surface area contributed by atoms with Crippen LogP contribution < -0.4 is 0 Å². The predicted molar refractivity (Wildman–Crippen MR) is 289 cm³/mol. The molecule has 0 unspecified atom stereocenters. The SMILES string of the molecule is CCCCCCCCCCCCCCCCCCCCC(=O)OC[C@@H](COC(=O)CCCCCCCCCCCCCCC)OC(=O)CCCCCCCCCCCCCCCCCCCC. The number of hydrogen-bond acceptors (Lipinski definition) is 6. The molecule has 0 spiro atoms. The molecule has 0 saturated heterocycles. The van der Waals surface area contributed by atoms with E-state index in [0.29, 0.717) is 19.3 Å². The molecule has 0 bridgehead atoms. The summed E-state index contributed by atoms with van der Waals surface area (Å²) in [6, 6.07) is 0. The lowest BCUT2D eigenvalue weighted by molar-refractivity contribution is -0.167. The summed E-state index contributed by atoms with van der Waals surface area (Å²) in [4.78, 5) is 38.2. The first kappa shape index (κ1) is 65.4. The highest BCUT2D eigenvalue weighted by Crippen LogP contribution is 2.18. The second-order valence-electron chi connectivity index (χ2n) is 21.0. The zero-order chi connectivity index (χ0) is 48.6. The van der Waals surface area contributed by atoms with Gasteiger partial charge >= 0.3 is 17.9 Å². The Labute approximate surface area is 418 Å². The minimum Gasteiger partial charge on any atom is -0.462 e. The molecule has 0 rings (SSSR count). The van der Waals surface area contributed by atoms with E-state index in [1.54, 1.807) is 0 Å². The van der Waals surface area contributed by atoms with Gasteiger partial charge in [0.25, 0.3) is 0 Å². The standard InChI is InChI=1S/C61H118O6/c1-4-7-10-13-16-19-22-25-27-29-31-33-36-39-42-45-48-51-54-60(63)66-57-58(56-65-59(62)53-50-47-44-41-38-35-24-21-18-15-12-9-6-3)67-61(64)55-52-49-46-43-40-37-34-32-30-28-26-23-20-17-14-11-8-5-2/h58H,4-57H2,1-3H3/t58-/m1/s1. The second kappa shape index (κ2) is 57.0. The number of unbranched alkanes of at least 4 members (excludes halogenated alkanes) is 46. The maximum Gasteiger partial charge on any atom is 0.306 e. The zero-order valence-corrected chi connectivity index (χ0v) is 45.7. The summed E-state index contributed by atoms with van der Waals surface area (Å²) in [5, 5.41) is 0. The Morgan fingerprint density at radius 3 is 0.597 bits per heavy atom. The average molecular weight is 948 g/mol. The van der Waals surface area contributed by atoms with Crippen LogP contribution >= 0.6 is 0 Å². The van der Waals surface area contributed by atoms with Crippen LogP contribution in [0.3, 0.4) is 0 Å². The summed E-state index contributed by atoms with van der Waals surface area (Å²) < 4.78 is 16.9. The Kier molecular flexibility index (Phi) is 55.6. The van der Waals surface area contributed by atoms with Crippen molar-refractivity contribution in [3.05, 3.63) is 0 Å². The number of carbonyl (C=O) groups is 3. The smallest absolute Gasteiger partial charge is 0.306 e. The molecule has 0 saturated carbocycles. The quantitative estimate of drug-likeness (QED) is 0.0343. The Hall–Kier alpha value is -1.59. The molecular weight excluding hydrogens is 829 g/mol. The monoisotopic (exact) mass is 947 g/mol. The van der Waals surface area contributed by atoms with Crippen molar-refractivity contribution in [1.82, 2.24) is 0 Å². The number of ether oxygens (including phenoxy) is 3. The van der Waals surface area contributed by atoms with Gasteiger partial charge in [0.05, 0.1) is 0 Å². The number of carbonyl (C=O) groups excluding carboxylic acids is 3. The third kappa shape index (κ3) is 55.2. The van der Waals surface area contributed by atoms with Crippen molar-refractivity contribution in [2.75, 3.05) is 13.2 Å². The Morgan fingerprint density at radius 1 is 0.239 bits per heavy atom. The van der Waals surface area contributed by atoms with Crippen LogP contribution in [-0.2, 0) is 28.6 Å². The van der Waals surface area contributed by atoms with Crippen LogP contribution in [0, 0.1) is 0 Å². The molecule has 0 aliphatic carbocycles. The topological polar surface area (TPSA) is 78.9 Å². The molecule has 0 aliphatic rings. The van der Waals surface area contributed by atoms with E-state index in [1.807, 2.05) is 0 Å². The number of hydrogen-bond donors (Lipinski definition) is 0. The van der Waals surface area contributed by atoms with E-state index in [2.05, 4.69) is 20.8 Å². The van der Waals surface area contributed by atoms with Gasteiger partial charge in [-0.2, -0.15) is 0 Å². The summed E-state index contributed by atoms with van der Waals surface area (Å²) in [5.41, 5.74) is 0. The van der Waals surface area contributed by atoms with Gasteiger partial charge in [-0.15, -0.1) is 0 Å². The Balaban J connectivity index is 4.27. The van der Waals surface area contributed by atoms with Crippen molar-refractivity contribution in [3.8, 4) is 0 Å². The van der Waals surface area contributed by atoms with E-state index < -0.39 is 6.10 Å². The van der Waals surface area contributed by atoms with Gasteiger partial charge in [-0.05, 0) is 19.3 Å². The van der Waals surface area contributed by atoms with E-state index in [1.165, 1.54) is 257 Å². The Bertz CT molecular complexity index is 998. The third-order valence-electron chi connectivity index (χ3n) is 14.1. The lowest BCUT2D eigenvalue weighted by atomic mass is 10.0. The maximum atomic E-state index is 12.9. The van der Waals surface area contributed by atoms with Crippen LogP contribution in [-0.4, -0.2) is 37.2 Å². The van der Waals surface area contributed by atoms with Crippen LogP contribution in [0.1, 0.15) is 355 Å². The molecule has 0 radical (unpaired) electrons. The first-order chi connectivity index (χ1) is 33.0. The molecule has 0 aromatic rings. The lowest BCUT2D eigenvalue weighted by Crippen LogP contribution is -2.30. The van der Waals surface area contributed by atoms with Crippen LogP contribution in [0.2, 0.25) is 0 Å². The first-order valence-corrected chi connectivity index (χ1v) is 30.5. The van der Waals surface area contributed by atoms with Crippen molar-refractivity contribution in [2.24, 2.45) is 0 Å². The fourth-order valence-electron chi connectivity index (χ4n) is 9.51. The molecule has 0 aromatic carbocycles. The van der Waals surface area contributed by atoms with E-state index in [-0.39, 0.29) is 31.1 Å². The van der Waals surface area contributed by atoms with E-state index >= 15 is 0 Å². The van der Waals surface area contributed by atoms with Gasteiger partial charge < -0.3 is 14.2 Å². The van der Waals surface area contributed by atoms with Crippen molar-refractivity contribution >= 4 is 17.9 Å². The summed E-state index contributed by atoms with van der Waals surface area (Å²) >= 11 is 0. The molecule has 0 aromatic heterocycles. The van der Waals surface area contributed by atoms with Gasteiger partial charge in [0.15, 0.2) is 6.10 Å². The van der Waals surface area contributed by atoms with Gasteiger partial charge in [-0.1, -0.05) is 316 Å². The van der Waals surface area contributed by atoms with Gasteiger partial charge in [-0.3, -0.25) is 14.4 Å². The van der Waals surface area contributed by atoms with Crippen LogP contribution in [0.15, 0.2) is 0 Å². The average Bonchev–Trinajstić information content (AvgIpc) is 3.33. The van der Waals surface area contributed by atoms with E-state index in [4.69, 9.17) is 14.2 Å². The Morgan fingerprint density at radius 2 is 0.403 bits per heavy atom. The zero-order valence-electron chi connectivity index (χ0n) is 45.7. The second-order valence-corrected chi connectivity index (χ2v) is 21.0.